The van der Waals surface area contributed by atoms with E-state index in [1.165, 1.54) is 0 Å². The van der Waals surface area contributed by atoms with Gasteiger partial charge in [-0.2, -0.15) is 5.26 Å². The number of non-ortho nitro benzene ring substituents is 1. The summed E-state index contributed by atoms with van der Waals surface area (Å²) in [6, 6.07) is 5.16. The second-order valence-corrected chi connectivity index (χ2v) is 2.69. The third kappa shape index (κ3) is 2.26. The minimum atomic E-state index is -0.588. The number of hydrogen-bond donors (Lipinski definition) is 0. The van der Waals surface area contributed by atoms with Crippen molar-refractivity contribution in [3.63, 3.8) is 0 Å². The van der Waals surface area contributed by atoms with Crippen molar-refractivity contribution in [2.75, 3.05) is 0 Å². The van der Waals surface area contributed by atoms with Crippen LogP contribution in [0.15, 0.2) is 18.2 Å². The molecule has 4 nitrogen and oxygen atoms in total. The zero-order valence-electron chi connectivity index (χ0n) is 7.24. The van der Waals surface area contributed by atoms with Crippen molar-refractivity contribution in [3.05, 3.63) is 39.7 Å². The number of nitro groups is 1. The smallest absolute Gasteiger partial charge is 0.258 e. The highest BCUT2D eigenvalue weighted by molar-refractivity contribution is 5.35. The van der Waals surface area contributed by atoms with Gasteiger partial charge in [0.15, 0.2) is 0 Å². The normalized spacial score (nSPS) is 9.43. The molecule has 0 atom stereocenters. The van der Waals surface area contributed by atoms with Crippen molar-refractivity contribution in [1.29, 1.82) is 5.26 Å². The topological polar surface area (TPSA) is 66.9 Å². The number of nitriles is 1. The summed E-state index contributed by atoms with van der Waals surface area (Å²) in [7, 11) is 0. The molecule has 0 N–H and O–H groups in total. The van der Waals surface area contributed by atoms with Crippen molar-refractivity contribution in [2.45, 2.75) is 12.8 Å². The molecule has 1 aromatic carbocycles. The van der Waals surface area contributed by atoms with E-state index < -0.39 is 10.7 Å². The Morgan fingerprint density at radius 3 is 2.86 bits per heavy atom. The van der Waals surface area contributed by atoms with Crippen molar-refractivity contribution >= 4 is 5.69 Å². The summed E-state index contributed by atoms with van der Waals surface area (Å²) in [5.74, 6) is -0.508. The van der Waals surface area contributed by atoms with Gasteiger partial charge >= 0.3 is 0 Å². The van der Waals surface area contributed by atoms with E-state index >= 15 is 0 Å². The van der Waals surface area contributed by atoms with Crippen LogP contribution in [0.5, 0.6) is 0 Å². The Balaban J connectivity index is 2.97. The summed E-state index contributed by atoms with van der Waals surface area (Å²) in [6.45, 7) is 0. The lowest BCUT2D eigenvalue weighted by molar-refractivity contribution is -0.385. The fourth-order valence-electron chi connectivity index (χ4n) is 1.06. The number of aryl methyl sites for hydroxylation is 1. The zero-order chi connectivity index (χ0) is 10.6. The van der Waals surface area contributed by atoms with E-state index in [-0.39, 0.29) is 24.1 Å². The molecule has 1 rings (SSSR count). The molecule has 0 spiro atoms. The first-order chi connectivity index (χ1) is 6.65. The molecule has 0 saturated heterocycles. The molecular formula is C9H7FN2O2. The second kappa shape index (κ2) is 4.33. The van der Waals surface area contributed by atoms with Gasteiger partial charge in [0, 0.05) is 18.6 Å². The molecule has 72 valence electrons. The van der Waals surface area contributed by atoms with Gasteiger partial charge in [-0.3, -0.25) is 10.1 Å². The maximum atomic E-state index is 13.0. The van der Waals surface area contributed by atoms with Gasteiger partial charge < -0.3 is 0 Å². The van der Waals surface area contributed by atoms with E-state index in [0.717, 1.165) is 18.2 Å². The molecule has 0 fully saturated rings. The summed E-state index contributed by atoms with van der Waals surface area (Å²) in [5, 5.41) is 18.6. The van der Waals surface area contributed by atoms with Gasteiger partial charge in [0.25, 0.3) is 5.69 Å². The van der Waals surface area contributed by atoms with Gasteiger partial charge in [-0.15, -0.1) is 0 Å². The fraction of sp³-hybridized carbons (Fsp3) is 0.222. The number of nitro benzene ring substituents is 1. The molecule has 1 aromatic rings. The number of halogens is 1. The van der Waals surface area contributed by atoms with Crippen molar-refractivity contribution in [1.82, 2.24) is 0 Å². The maximum absolute atomic E-state index is 13.0. The largest absolute Gasteiger partial charge is 0.269 e. The third-order valence-corrected chi connectivity index (χ3v) is 1.75. The SMILES string of the molecule is N#CCCc1cc([N+](=O)[O-])ccc1F. The highest BCUT2D eigenvalue weighted by Gasteiger charge is 2.09. The Morgan fingerprint density at radius 1 is 1.57 bits per heavy atom. The molecule has 0 heterocycles. The van der Waals surface area contributed by atoms with Crippen LogP contribution in [0.3, 0.4) is 0 Å². The lowest BCUT2D eigenvalue weighted by Gasteiger charge is -1.99. The Labute approximate surface area is 79.7 Å². The Hall–Kier alpha value is -1.96. The summed E-state index contributed by atoms with van der Waals surface area (Å²) < 4.78 is 13.0. The van der Waals surface area contributed by atoms with Crippen LogP contribution in [-0.2, 0) is 6.42 Å². The monoisotopic (exact) mass is 194 g/mol. The van der Waals surface area contributed by atoms with Crippen LogP contribution < -0.4 is 0 Å². The molecule has 0 amide bonds. The van der Waals surface area contributed by atoms with Crippen LogP contribution in [-0.4, -0.2) is 4.92 Å². The van der Waals surface area contributed by atoms with Gasteiger partial charge in [-0.25, -0.2) is 4.39 Å². The number of rotatable bonds is 3. The third-order valence-electron chi connectivity index (χ3n) is 1.75. The van der Waals surface area contributed by atoms with E-state index in [0.29, 0.717) is 0 Å². The van der Waals surface area contributed by atoms with Crippen LogP contribution in [0.4, 0.5) is 10.1 Å². The number of nitrogens with zero attached hydrogens (tertiary/aromatic N) is 2. The molecule has 0 aliphatic carbocycles. The van der Waals surface area contributed by atoms with E-state index in [1.807, 2.05) is 6.07 Å². The second-order valence-electron chi connectivity index (χ2n) is 2.69. The van der Waals surface area contributed by atoms with Gasteiger partial charge in [-0.1, -0.05) is 0 Å². The van der Waals surface area contributed by atoms with Crippen LogP contribution in [0.1, 0.15) is 12.0 Å². The molecule has 0 bridgehead atoms. The zero-order valence-corrected chi connectivity index (χ0v) is 7.24. The minimum Gasteiger partial charge on any atom is -0.258 e. The summed E-state index contributed by atoms with van der Waals surface area (Å²) in [6.07, 6.45) is 0.349. The molecule has 0 saturated carbocycles. The summed E-state index contributed by atoms with van der Waals surface area (Å²) in [4.78, 5) is 9.77. The fourth-order valence-corrected chi connectivity index (χ4v) is 1.06. The maximum Gasteiger partial charge on any atom is 0.269 e. The molecule has 0 aliphatic rings. The quantitative estimate of drug-likeness (QED) is 0.547. The van der Waals surface area contributed by atoms with Crippen molar-refractivity contribution in [2.24, 2.45) is 0 Å². The predicted octanol–water partition coefficient (Wildman–Crippen LogP) is 2.19. The van der Waals surface area contributed by atoms with E-state index in [1.54, 1.807) is 0 Å². The molecule has 0 unspecified atom stereocenters. The average Bonchev–Trinajstić information content (AvgIpc) is 2.16. The Kier molecular flexibility index (Phi) is 3.13. The highest BCUT2D eigenvalue weighted by atomic mass is 19.1. The van der Waals surface area contributed by atoms with E-state index in [9.17, 15) is 14.5 Å². The van der Waals surface area contributed by atoms with Gasteiger partial charge in [0.1, 0.15) is 5.82 Å². The molecule has 14 heavy (non-hydrogen) atoms. The summed E-state index contributed by atoms with van der Waals surface area (Å²) >= 11 is 0. The van der Waals surface area contributed by atoms with Crippen LogP contribution in [0, 0.1) is 27.3 Å². The standard InChI is InChI=1S/C9H7FN2O2/c10-9-4-3-8(12(13)14)6-7(9)2-1-5-11/h3-4,6H,1-2H2. The molecular weight excluding hydrogens is 187 g/mol. The minimum absolute atomic E-state index is 0.151. The Morgan fingerprint density at radius 2 is 2.29 bits per heavy atom. The van der Waals surface area contributed by atoms with Gasteiger partial charge in [0.05, 0.1) is 11.0 Å². The lowest BCUT2D eigenvalue weighted by atomic mass is 10.1. The van der Waals surface area contributed by atoms with Crippen LogP contribution in [0.2, 0.25) is 0 Å². The molecule has 5 heteroatoms. The molecule has 0 radical (unpaired) electrons. The molecule has 0 aliphatic heterocycles. The first kappa shape index (κ1) is 10.1. The van der Waals surface area contributed by atoms with Crippen molar-refractivity contribution < 1.29 is 9.31 Å². The van der Waals surface area contributed by atoms with Gasteiger partial charge in [-0.05, 0) is 18.1 Å². The predicted molar refractivity (Wildman–Crippen MR) is 47.0 cm³/mol. The van der Waals surface area contributed by atoms with Crippen LogP contribution >= 0.6 is 0 Å². The van der Waals surface area contributed by atoms with Crippen molar-refractivity contribution in [3.8, 4) is 6.07 Å². The van der Waals surface area contributed by atoms with Gasteiger partial charge in [0.2, 0.25) is 0 Å². The first-order valence-electron chi connectivity index (χ1n) is 3.95. The lowest BCUT2D eigenvalue weighted by Crippen LogP contribution is -1.94. The highest BCUT2D eigenvalue weighted by Crippen LogP contribution is 2.17. The first-order valence-corrected chi connectivity index (χ1v) is 3.95. The summed E-state index contributed by atoms with van der Waals surface area (Å²) in [5.41, 5.74) is 0.0556. The molecule has 0 aromatic heterocycles. The number of benzene rings is 1. The average molecular weight is 194 g/mol. The van der Waals surface area contributed by atoms with E-state index in [4.69, 9.17) is 5.26 Å². The Bertz CT molecular complexity index is 398. The number of hydrogen-bond acceptors (Lipinski definition) is 3. The van der Waals surface area contributed by atoms with Crippen LogP contribution in [0.25, 0.3) is 0 Å². The van der Waals surface area contributed by atoms with E-state index in [2.05, 4.69) is 0 Å².